The van der Waals surface area contributed by atoms with Gasteiger partial charge < -0.3 is 9.47 Å². The molecule has 146 valence electrons. The monoisotopic (exact) mass is 401 g/mol. The third kappa shape index (κ3) is 4.20. The smallest absolute Gasteiger partial charge is 0.377 e. The molecule has 2 aromatic carbocycles. The maximum Gasteiger partial charge on any atom is 0.377 e. The van der Waals surface area contributed by atoms with Crippen LogP contribution < -0.4 is 4.74 Å². The standard InChI is InChI=1S/C19H19N3O5S/c1-26-15-8-10-16(11-9-15)28(24,25)12-17(14-6-4-3-5-7-14)22-13-20-18(21-22)19(23)27-2/h3-11,13,17H,12H2,1-2H3. The average molecular weight is 401 g/mol. The number of benzene rings is 2. The van der Waals surface area contributed by atoms with Gasteiger partial charge in [-0.2, -0.15) is 0 Å². The fraction of sp³-hybridized carbons (Fsp3) is 0.211. The van der Waals surface area contributed by atoms with Gasteiger partial charge in [0, 0.05) is 0 Å². The molecular formula is C19H19N3O5S. The van der Waals surface area contributed by atoms with Crippen LogP contribution in [0.5, 0.6) is 5.75 Å². The second-order valence-electron chi connectivity index (χ2n) is 5.92. The van der Waals surface area contributed by atoms with Crippen LogP contribution in [0, 0.1) is 0 Å². The van der Waals surface area contributed by atoms with Gasteiger partial charge in [0.2, 0.25) is 0 Å². The SMILES string of the molecule is COC(=O)c1ncn(C(CS(=O)(=O)c2ccc(OC)cc2)c2ccccc2)n1. The topological polar surface area (TPSA) is 100 Å². The van der Waals surface area contributed by atoms with Crippen LogP contribution in [0.3, 0.4) is 0 Å². The lowest BCUT2D eigenvalue weighted by atomic mass is 10.1. The van der Waals surface area contributed by atoms with Crippen molar-refractivity contribution in [1.29, 1.82) is 0 Å². The molecule has 0 aliphatic heterocycles. The summed E-state index contributed by atoms with van der Waals surface area (Å²) < 4.78 is 37.0. The molecule has 1 unspecified atom stereocenters. The van der Waals surface area contributed by atoms with Gasteiger partial charge in [0.15, 0.2) is 9.84 Å². The van der Waals surface area contributed by atoms with Gasteiger partial charge in [0.05, 0.1) is 30.9 Å². The molecule has 0 saturated carbocycles. The molecule has 0 bridgehead atoms. The fourth-order valence-corrected chi connectivity index (χ4v) is 4.20. The summed E-state index contributed by atoms with van der Waals surface area (Å²) >= 11 is 0. The summed E-state index contributed by atoms with van der Waals surface area (Å²) in [7, 11) is -0.917. The minimum Gasteiger partial charge on any atom is -0.497 e. The van der Waals surface area contributed by atoms with E-state index >= 15 is 0 Å². The molecule has 9 heteroatoms. The van der Waals surface area contributed by atoms with Crippen molar-refractivity contribution in [1.82, 2.24) is 14.8 Å². The first-order valence-corrected chi connectivity index (χ1v) is 10.0. The second kappa shape index (κ2) is 8.22. The molecule has 28 heavy (non-hydrogen) atoms. The van der Waals surface area contributed by atoms with Gasteiger partial charge in [-0.15, -0.1) is 5.10 Å². The van der Waals surface area contributed by atoms with Crippen LogP contribution in [0.15, 0.2) is 65.8 Å². The van der Waals surface area contributed by atoms with Crippen molar-refractivity contribution in [3.63, 3.8) is 0 Å². The van der Waals surface area contributed by atoms with Crippen molar-refractivity contribution in [2.24, 2.45) is 0 Å². The Morgan fingerprint density at radius 3 is 2.36 bits per heavy atom. The van der Waals surface area contributed by atoms with Crippen molar-refractivity contribution in [2.45, 2.75) is 10.9 Å². The van der Waals surface area contributed by atoms with Gasteiger partial charge in [-0.1, -0.05) is 30.3 Å². The van der Waals surface area contributed by atoms with Crippen molar-refractivity contribution in [3.05, 3.63) is 72.3 Å². The number of carbonyl (C=O) groups excluding carboxylic acids is 1. The number of methoxy groups -OCH3 is 2. The Kier molecular flexibility index (Phi) is 5.74. The number of nitrogens with zero attached hydrogens (tertiary/aromatic N) is 3. The van der Waals surface area contributed by atoms with Crippen LogP contribution in [0.25, 0.3) is 0 Å². The fourth-order valence-electron chi connectivity index (χ4n) is 2.70. The number of aromatic nitrogens is 3. The van der Waals surface area contributed by atoms with E-state index in [1.54, 1.807) is 36.4 Å². The van der Waals surface area contributed by atoms with E-state index in [9.17, 15) is 13.2 Å². The van der Waals surface area contributed by atoms with Crippen LogP contribution in [0.4, 0.5) is 0 Å². The molecule has 1 heterocycles. The van der Waals surface area contributed by atoms with Gasteiger partial charge in [-0.25, -0.2) is 22.9 Å². The normalized spacial score (nSPS) is 12.4. The van der Waals surface area contributed by atoms with Gasteiger partial charge in [0.25, 0.3) is 5.82 Å². The number of carbonyl (C=O) groups is 1. The number of esters is 1. The molecule has 0 aliphatic carbocycles. The quantitative estimate of drug-likeness (QED) is 0.559. The zero-order valence-electron chi connectivity index (χ0n) is 15.3. The van der Waals surface area contributed by atoms with E-state index in [2.05, 4.69) is 14.8 Å². The molecule has 0 spiro atoms. The largest absolute Gasteiger partial charge is 0.497 e. The molecule has 0 N–H and O–H groups in total. The van der Waals surface area contributed by atoms with Crippen LogP contribution >= 0.6 is 0 Å². The van der Waals surface area contributed by atoms with E-state index < -0.39 is 21.8 Å². The predicted molar refractivity (Wildman–Crippen MR) is 101 cm³/mol. The number of ether oxygens (including phenoxy) is 2. The van der Waals surface area contributed by atoms with Gasteiger partial charge in [0.1, 0.15) is 12.1 Å². The van der Waals surface area contributed by atoms with Gasteiger partial charge >= 0.3 is 5.97 Å². The summed E-state index contributed by atoms with van der Waals surface area (Å²) in [5.74, 6) is -0.515. The Labute approximate surface area is 162 Å². The summed E-state index contributed by atoms with van der Waals surface area (Å²) in [5.41, 5.74) is 0.723. The Bertz CT molecular complexity index is 1050. The Morgan fingerprint density at radius 2 is 1.75 bits per heavy atom. The van der Waals surface area contributed by atoms with E-state index in [1.165, 1.54) is 37.4 Å². The van der Waals surface area contributed by atoms with Crippen LogP contribution in [-0.4, -0.2) is 49.1 Å². The highest BCUT2D eigenvalue weighted by atomic mass is 32.2. The maximum atomic E-state index is 13.0. The third-order valence-electron chi connectivity index (χ3n) is 4.18. The number of hydrogen-bond donors (Lipinski definition) is 0. The lowest BCUT2D eigenvalue weighted by Gasteiger charge is -2.18. The minimum absolute atomic E-state index is 0.134. The van der Waals surface area contributed by atoms with Crippen molar-refractivity contribution >= 4 is 15.8 Å². The highest BCUT2D eigenvalue weighted by molar-refractivity contribution is 7.91. The summed E-state index contributed by atoms with van der Waals surface area (Å²) in [6.07, 6.45) is 1.33. The Hall–Kier alpha value is -3.20. The molecule has 3 aromatic rings. The number of sulfone groups is 1. The summed E-state index contributed by atoms with van der Waals surface area (Å²) in [4.78, 5) is 15.8. The Balaban J connectivity index is 1.97. The van der Waals surface area contributed by atoms with Gasteiger partial charge in [-0.05, 0) is 29.8 Å². The van der Waals surface area contributed by atoms with Crippen LogP contribution in [0.1, 0.15) is 22.2 Å². The van der Waals surface area contributed by atoms with Crippen LogP contribution in [0.2, 0.25) is 0 Å². The third-order valence-corrected chi connectivity index (χ3v) is 5.92. The van der Waals surface area contributed by atoms with Crippen molar-refractivity contribution in [3.8, 4) is 5.75 Å². The molecule has 0 fully saturated rings. The molecule has 1 aromatic heterocycles. The first-order valence-electron chi connectivity index (χ1n) is 8.36. The Morgan fingerprint density at radius 1 is 1.07 bits per heavy atom. The van der Waals surface area contributed by atoms with Crippen molar-refractivity contribution in [2.75, 3.05) is 20.0 Å². The molecule has 0 radical (unpaired) electrons. The first kappa shape index (κ1) is 19.6. The molecule has 0 amide bonds. The van der Waals surface area contributed by atoms with E-state index in [0.717, 1.165) is 5.56 Å². The zero-order chi connectivity index (χ0) is 20.1. The molecular weight excluding hydrogens is 382 g/mol. The summed E-state index contributed by atoms with van der Waals surface area (Å²) in [5, 5.41) is 4.11. The van der Waals surface area contributed by atoms with Crippen molar-refractivity contribution < 1.29 is 22.7 Å². The highest BCUT2D eigenvalue weighted by Crippen LogP contribution is 2.24. The van der Waals surface area contributed by atoms with E-state index in [4.69, 9.17) is 4.74 Å². The highest BCUT2D eigenvalue weighted by Gasteiger charge is 2.26. The van der Waals surface area contributed by atoms with E-state index in [0.29, 0.717) is 5.75 Å². The molecule has 1 atom stereocenters. The van der Waals surface area contributed by atoms with E-state index in [1.807, 2.05) is 6.07 Å². The van der Waals surface area contributed by atoms with E-state index in [-0.39, 0.29) is 16.5 Å². The molecule has 0 saturated heterocycles. The number of rotatable bonds is 7. The molecule has 0 aliphatic rings. The van der Waals surface area contributed by atoms with Gasteiger partial charge in [-0.3, -0.25) is 0 Å². The zero-order valence-corrected chi connectivity index (χ0v) is 16.2. The first-order chi connectivity index (χ1) is 13.4. The summed E-state index contributed by atoms with van der Waals surface area (Å²) in [6, 6.07) is 14.6. The second-order valence-corrected chi connectivity index (χ2v) is 7.96. The summed E-state index contributed by atoms with van der Waals surface area (Å²) in [6.45, 7) is 0. The lowest BCUT2D eigenvalue weighted by molar-refractivity contribution is 0.0586. The molecule has 3 rings (SSSR count). The lowest BCUT2D eigenvalue weighted by Crippen LogP contribution is -2.22. The number of hydrogen-bond acceptors (Lipinski definition) is 7. The van der Waals surface area contributed by atoms with Crippen LogP contribution in [-0.2, 0) is 14.6 Å². The predicted octanol–water partition coefficient (Wildman–Crippen LogP) is 2.14. The average Bonchev–Trinajstić information content (AvgIpc) is 3.22. The minimum atomic E-state index is -3.66. The maximum absolute atomic E-state index is 13.0. The molecule has 8 nitrogen and oxygen atoms in total.